The fourth-order valence-corrected chi connectivity index (χ4v) is 3.81. The van der Waals surface area contributed by atoms with Gasteiger partial charge in [0.1, 0.15) is 17.2 Å². The second-order valence-electron chi connectivity index (χ2n) is 7.88. The normalized spacial score (nSPS) is 16.9. The summed E-state index contributed by atoms with van der Waals surface area (Å²) in [5, 5.41) is 18.9. The van der Waals surface area contributed by atoms with Crippen LogP contribution in [0.15, 0.2) is 54.7 Å². The number of amides is 2. The maximum atomic E-state index is 13.0. The Balaban J connectivity index is 1.47. The summed E-state index contributed by atoms with van der Waals surface area (Å²) in [6.07, 6.45) is 1.39. The van der Waals surface area contributed by atoms with E-state index in [1.807, 2.05) is 0 Å². The molecule has 1 aliphatic rings. The van der Waals surface area contributed by atoms with Gasteiger partial charge in [0.15, 0.2) is 5.78 Å². The highest BCUT2D eigenvalue weighted by molar-refractivity contribution is 6.11. The first-order valence-electron chi connectivity index (χ1n) is 10.8. The number of aromatic hydroxyl groups is 1. The molecule has 2 heterocycles. The van der Waals surface area contributed by atoms with Crippen LogP contribution in [0.2, 0.25) is 0 Å². The molecule has 0 bridgehead atoms. The average molecular weight is 476 g/mol. The minimum Gasteiger partial charge on any atom is -0.507 e. The monoisotopic (exact) mass is 476 g/mol. The third-order valence-corrected chi connectivity index (χ3v) is 5.61. The lowest BCUT2D eigenvalue weighted by Gasteiger charge is -2.21. The smallest absolute Gasteiger partial charge is 0.270 e. The maximum Gasteiger partial charge on any atom is 0.270 e. The number of nitrogens with two attached hydrogens (primary N) is 1. The highest BCUT2D eigenvalue weighted by Crippen LogP contribution is 2.25. The van der Waals surface area contributed by atoms with Crippen LogP contribution in [0.1, 0.15) is 36.8 Å². The topological polar surface area (TPSA) is 169 Å². The summed E-state index contributed by atoms with van der Waals surface area (Å²) in [6.45, 7) is 0.886. The third kappa shape index (κ3) is 5.20. The molecule has 2 amide bonds. The Hall–Kier alpha value is -4.51. The van der Waals surface area contributed by atoms with Gasteiger partial charge >= 0.3 is 0 Å². The van der Waals surface area contributed by atoms with Gasteiger partial charge in [-0.1, -0.05) is 12.1 Å². The highest BCUT2D eigenvalue weighted by atomic mass is 16.5. The highest BCUT2D eigenvalue weighted by Gasteiger charge is 2.31. The molecule has 4 rings (SSSR count). The molecule has 0 radical (unpaired) electrons. The maximum absolute atomic E-state index is 13.0. The van der Waals surface area contributed by atoms with Crippen molar-refractivity contribution in [3.8, 4) is 11.5 Å². The lowest BCUT2D eigenvalue weighted by atomic mass is 10.00. The molecule has 1 fully saturated rings. The van der Waals surface area contributed by atoms with Crippen LogP contribution in [-0.2, 0) is 0 Å². The van der Waals surface area contributed by atoms with Crippen molar-refractivity contribution < 1.29 is 24.2 Å². The Morgan fingerprint density at radius 1 is 1.03 bits per heavy atom. The van der Waals surface area contributed by atoms with E-state index in [-0.39, 0.29) is 39.8 Å². The van der Waals surface area contributed by atoms with E-state index in [9.17, 15) is 19.5 Å². The Bertz CT molecular complexity index is 1280. The molecule has 2 aromatic carbocycles. The Morgan fingerprint density at radius 2 is 1.74 bits per heavy atom. The number of rotatable bonds is 7. The molecule has 0 spiro atoms. The molecule has 6 N–H and O–H groups in total. The van der Waals surface area contributed by atoms with E-state index < -0.39 is 29.7 Å². The van der Waals surface area contributed by atoms with Gasteiger partial charge in [-0.2, -0.15) is 0 Å². The largest absolute Gasteiger partial charge is 0.507 e. The summed E-state index contributed by atoms with van der Waals surface area (Å²) in [5.74, 6) is -1.21. The van der Waals surface area contributed by atoms with Crippen molar-refractivity contribution >= 4 is 23.5 Å². The van der Waals surface area contributed by atoms with Gasteiger partial charge in [-0.15, -0.1) is 0 Å². The number of para-hydroxylation sites is 1. The average Bonchev–Trinajstić information content (AvgIpc) is 3.29. The van der Waals surface area contributed by atoms with Crippen LogP contribution in [0.25, 0.3) is 0 Å². The van der Waals surface area contributed by atoms with E-state index in [0.29, 0.717) is 13.1 Å². The van der Waals surface area contributed by atoms with Crippen LogP contribution >= 0.6 is 0 Å². The Labute approximate surface area is 200 Å². The van der Waals surface area contributed by atoms with E-state index in [0.717, 1.165) is 0 Å². The van der Waals surface area contributed by atoms with Crippen LogP contribution in [0.4, 0.5) is 5.95 Å². The third-order valence-electron chi connectivity index (χ3n) is 5.61. The van der Waals surface area contributed by atoms with E-state index in [1.165, 1.54) is 49.7 Å². The zero-order chi connectivity index (χ0) is 24.9. The zero-order valence-electron chi connectivity index (χ0n) is 18.8. The summed E-state index contributed by atoms with van der Waals surface area (Å²) in [5.41, 5.74) is 6.30. The summed E-state index contributed by atoms with van der Waals surface area (Å²) >= 11 is 0. The van der Waals surface area contributed by atoms with Gasteiger partial charge < -0.3 is 31.5 Å². The number of ketones is 1. The predicted molar refractivity (Wildman–Crippen MR) is 126 cm³/mol. The standard InChI is InChI=1S/C24H24N6O5/c1-35-20-10-13(21(32)14-4-2-3-5-19(14)31)6-7-15(20)22(33)28-17-11-26-12-18(17)29-23(34)16-8-9-27-24(25)30-16/h2-10,17-18,26,31H,11-12H2,1H3,(H,28,33)(H,29,34)(H2,25,27,30)/t17-,18-/m1/s1. The number of methoxy groups -OCH3 is 1. The molecular formula is C24H24N6O5. The molecule has 0 aliphatic carbocycles. The number of nitrogens with zero attached hydrogens (tertiary/aromatic N) is 2. The SMILES string of the molecule is COc1cc(C(=O)c2ccccc2O)ccc1C(=O)N[C@@H]1CNC[C@H]1NC(=O)c1ccnc(N)n1. The van der Waals surface area contributed by atoms with Crippen molar-refractivity contribution in [2.45, 2.75) is 12.1 Å². The van der Waals surface area contributed by atoms with E-state index in [2.05, 4.69) is 25.9 Å². The van der Waals surface area contributed by atoms with E-state index in [4.69, 9.17) is 10.5 Å². The van der Waals surface area contributed by atoms with Crippen LogP contribution < -0.4 is 26.4 Å². The number of anilines is 1. The lowest BCUT2D eigenvalue weighted by Crippen LogP contribution is -2.51. The minimum atomic E-state index is -0.434. The van der Waals surface area contributed by atoms with Gasteiger partial charge in [-0.25, -0.2) is 9.97 Å². The van der Waals surface area contributed by atoms with E-state index >= 15 is 0 Å². The summed E-state index contributed by atoms with van der Waals surface area (Å²) < 4.78 is 5.36. The first-order chi connectivity index (χ1) is 16.9. The van der Waals surface area contributed by atoms with Crippen LogP contribution in [0.5, 0.6) is 11.5 Å². The number of phenols is 1. The first-order valence-corrected chi connectivity index (χ1v) is 10.8. The molecule has 1 aliphatic heterocycles. The van der Waals surface area contributed by atoms with Gasteiger partial charge in [0.2, 0.25) is 5.95 Å². The fourth-order valence-electron chi connectivity index (χ4n) is 3.81. The Morgan fingerprint density at radius 3 is 2.43 bits per heavy atom. The van der Waals surface area contributed by atoms with Crippen molar-refractivity contribution in [2.75, 3.05) is 25.9 Å². The number of nitrogens with one attached hydrogen (secondary N) is 3. The van der Waals surface area contributed by atoms with Gasteiger partial charge in [-0.3, -0.25) is 14.4 Å². The number of carbonyl (C=O) groups excluding carboxylic acids is 3. The molecule has 180 valence electrons. The second-order valence-corrected chi connectivity index (χ2v) is 7.88. The van der Waals surface area contributed by atoms with Gasteiger partial charge in [0.05, 0.1) is 30.3 Å². The predicted octanol–water partition coefficient (Wildman–Crippen LogP) is 0.504. The molecule has 3 aromatic rings. The molecule has 11 nitrogen and oxygen atoms in total. The number of carbonyl (C=O) groups is 3. The van der Waals surface area contributed by atoms with Gasteiger partial charge in [0.25, 0.3) is 11.8 Å². The molecule has 2 atom stereocenters. The number of hydrogen-bond acceptors (Lipinski definition) is 9. The number of phenolic OH excluding ortho intramolecular Hbond substituents is 1. The van der Waals surface area contributed by atoms with Crippen molar-refractivity contribution in [3.05, 3.63) is 77.1 Å². The molecule has 1 saturated heterocycles. The zero-order valence-corrected chi connectivity index (χ0v) is 18.8. The molecule has 0 unspecified atom stereocenters. The summed E-state index contributed by atoms with van der Waals surface area (Å²) in [7, 11) is 1.40. The summed E-state index contributed by atoms with van der Waals surface area (Å²) in [4.78, 5) is 46.0. The van der Waals surface area contributed by atoms with Crippen molar-refractivity contribution in [1.29, 1.82) is 0 Å². The van der Waals surface area contributed by atoms with Crippen LogP contribution in [-0.4, -0.2) is 65.0 Å². The van der Waals surface area contributed by atoms with Gasteiger partial charge in [-0.05, 0) is 36.4 Å². The van der Waals surface area contributed by atoms with Crippen LogP contribution in [0, 0.1) is 0 Å². The number of ether oxygens (including phenoxy) is 1. The number of benzene rings is 2. The molecule has 0 saturated carbocycles. The Kier molecular flexibility index (Phi) is 6.88. The molecular weight excluding hydrogens is 452 g/mol. The minimum absolute atomic E-state index is 0.0106. The second kappa shape index (κ2) is 10.2. The van der Waals surface area contributed by atoms with Crippen molar-refractivity contribution in [1.82, 2.24) is 25.9 Å². The van der Waals surface area contributed by atoms with E-state index in [1.54, 1.807) is 12.1 Å². The number of nitrogen functional groups attached to an aromatic ring is 1. The number of hydrogen-bond donors (Lipinski definition) is 5. The van der Waals surface area contributed by atoms with Crippen molar-refractivity contribution in [3.63, 3.8) is 0 Å². The fraction of sp³-hybridized carbons (Fsp3) is 0.208. The van der Waals surface area contributed by atoms with Crippen molar-refractivity contribution in [2.24, 2.45) is 0 Å². The first kappa shape index (κ1) is 23.6. The quantitative estimate of drug-likeness (QED) is 0.305. The molecule has 11 heteroatoms. The number of aromatic nitrogens is 2. The lowest BCUT2D eigenvalue weighted by molar-refractivity contribution is 0.0892. The molecule has 1 aromatic heterocycles. The van der Waals surface area contributed by atoms with Crippen LogP contribution in [0.3, 0.4) is 0 Å². The summed E-state index contributed by atoms with van der Waals surface area (Å²) in [6, 6.07) is 11.3. The van der Waals surface area contributed by atoms with Gasteiger partial charge in [0, 0.05) is 24.8 Å². The molecule has 35 heavy (non-hydrogen) atoms.